The van der Waals surface area contributed by atoms with Gasteiger partial charge in [0.15, 0.2) is 0 Å². The maximum atomic E-state index is 10.5. The van der Waals surface area contributed by atoms with Crippen molar-refractivity contribution in [1.82, 2.24) is 0 Å². The molecule has 17 heavy (non-hydrogen) atoms. The van der Waals surface area contributed by atoms with Gasteiger partial charge in [-0.25, -0.2) is 0 Å². The van der Waals surface area contributed by atoms with Crippen molar-refractivity contribution in [3.63, 3.8) is 0 Å². The Hall–Kier alpha value is -2.04. The first-order valence-corrected chi connectivity index (χ1v) is 4.86. The molecule has 0 spiro atoms. The zero-order chi connectivity index (χ0) is 13.3. The molecule has 0 aliphatic carbocycles. The minimum absolute atomic E-state index is 0.245. The van der Waals surface area contributed by atoms with Gasteiger partial charge in [-0.3, -0.25) is 9.59 Å². The molecule has 0 aromatic heterocycles. The predicted molar refractivity (Wildman–Crippen MR) is 62.0 cm³/mol. The minimum atomic E-state index is -0.319. The average molecular weight is 240 g/mol. The van der Waals surface area contributed by atoms with Crippen LogP contribution in [0.25, 0.3) is 0 Å². The molecular formula is C12H16O5. The maximum Gasteiger partial charge on any atom is 0.308 e. The molecule has 0 fully saturated rings. The lowest BCUT2D eigenvalue weighted by Crippen LogP contribution is -2.00. The number of methoxy groups -OCH3 is 2. The summed E-state index contributed by atoms with van der Waals surface area (Å²) >= 11 is 0. The molecule has 0 saturated heterocycles. The molecule has 0 radical (unpaired) electrons. The number of benzene rings is 1. The Kier molecular flexibility index (Phi) is 7.17. The van der Waals surface area contributed by atoms with Crippen LogP contribution in [0.2, 0.25) is 0 Å². The van der Waals surface area contributed by atoms with E-state index in [4.69, 9.17) is 9.47 Å². The van der Waals surface area contributed by atoms with E-state index in [1.54, 1.807) is 31.4 Å². The van der Waals surface area contributed by atoms with E-state index in [0.29, 0.717) is 5.75 Å². The lowest BCUT2D eigenvalue weighted by molar-refractivity contribution is -0.138. The van der Waals surface area contributed by atoms with Gasteiger partial charge in [0.2, 0.25) is 0 Å². The van der Waals surface area contributed by atoms with Gasteiger partial charge in [0, 0.05) is 13.8 Å². The fraction of sp³-hybridized carbons (Fsp3) is 0.333. The minimum Gasteiger partial charge on any atom is -0.497 e. The first-order chi connectivity index (χ1) is 7.99. The van der Waals surface area contributed by atoms with Crippen LogP contribution in [0, 0.1) is 0 Å². The molecule has 0 bridgehead atoms. The number of hydrogen-bond acceptors (Lipinski definition) is 5. The molecule has 1 rings (SSSR count). The highest BCUT2D eigenvalue weighted by molar-refractivity contribution is 5.69. The molecule has 0 heterocycles. The van der Waals surface area contributed by atoms with Crippen molar-refractivity contribution in [2.45, 2.75) is 13.8 Å². The van der Waals surface area contributed by atoms with E-state index >= 15 is 0 Å². The second kappa shape index (κ2) is 8.15. The molecule has 0 N–H and O–H groups in total. The summed E-state index contributed by atoms with van der Waals surface area (Å²) in [7, 11) is 2.93. The average Bonchev–Trinajstić information content (AvgIpc) is 2.30. The summed E-state index contributed by atoms with van der Waals surface area (Å²) in [6.07, 6.45) is 0. The van der Waals surface area contributed by atoms with Crippen molar-refractivity contribution < 1.29 is 23.8 Å². The van der Waals surface area contributed by atoms with Gasteiger partial charge in [0.1, 0.15) is 11.5 Å². The second-order valence-corrected chi connectivity index (χ2v) is 2.96. The summed E-state index contributed by atoms with van der Waals surface area (Å²) in [5, 5.41) is 0. The molecule has 0 amide bonds. The number of hydrogen-bond donors (Lipinski definition) is 0. The van der Waals surface area contributed by atoms with Crippen molar-refractivity contribution in [1.29, 1.82) is 0 Å². The van der Waals surface area contributed by atoms with Crippen molar-refractivity contribution in [2.75, 3.05) is 14.2 Å². The topological polar surface area (TPSA) is 61.8 Å². The largest absolute Gasteiger partial charge is 0.497 e. The summed E-state index contributed by atoms with van der Waals surface area (Å²) < 4.78 is 13.9. The van der Waals surface area contributed by atoms with Crippen LogP contribution in [0.4, 0.5) is 0 Å². The maximum absolute atomic E-state index is 10.5. The van der Waals surface area contributed by atoms with Crippen LogP contribution in [-0.4, -0.2) is 26.2 Å². The van der Waals surface area contributed by atoms with Gasteiger partial charge in [-0.15, -0.1) is 0 Å². The van der Waals surface area contributed by atoms with Crippen molar-refractivity contribution in [3.8, 4) is 11.5 Å². The van der Waals surface area contributed by atoms with Gasteiger partial charge in [-0.1, -0.05) is 0 Å². The molecule has 0 aliphatic rings. The van der Waals surface area contributed by atoms with Crippen molar-refractivity contribution in [3.05, 3.63) is 24.3 Å². The van der Waals surface area contributed by atoms with E-state index in [1.165, 1.54) is 21.0 Å². The highest BCUT2D eigenvalue weighted by atomic mass is 16.5. The first kappa shape index (κ1) is 15.0. The summed E-state index contributed by atoms with van der Waals surface area (Å²) in [4.78, 5) is 20.1. The summed E-state index contributed by atoms with van der Waals surface area (Å²) in [6, 6.07) is 6.83. The van der Waals surface area contributed by atoms with E-state index < -0.39 is 0 Å². The third-order valence-corrected chi connectivity index (χ3v) is 1.61. The Bertz CT molecular complexity index is 356. The molecule has 5 nitrogen and oxygen atoms in total. The normalized spacial score (nSPS) is 8.47. The highest BCUT2D eigenvalue weighted by Gasteiger charge is 1.96. The first-order valence-electron chi connectivity index (χ1n) is 4.86. The van der Waals surface area contributed by atoms with Crippen LogP contribution in [0.15, 0.2) is 24.3 Å². The van der Waals surface area contributed by atoms with Crippen LogP contribution in [0.5, 0.6) is 11.5 Å². The van der Waals surface area contributed by atoms with Crippen LogP contribution in [0.3, 0.4) is 0 Å². The quantitative estimate of drug-likeness (QED) is 0.582. The van der Waals surface area contributed by atoms with Gasteiger partial charge in [0.25, 0.3) is 0 Å². The fourth-order valence-electron chi connectivity index (χ4n) is 0.810. The monoisotopic (exact) mass is 240 g/mol. The number of esters is 2. The Balaban J connectivity index is 0.000000437. The summed E-state index contributed by atoms with van der Waals surface area (Å²) in [5.41, 5.74) is 0. The summed E-state index contributed by atoms with van der Waals surface area (Å²) in [6.45, 7) is 2.73. The predicted octanol–water partition coefficient (Wildman–Crippen LogP) is 1.80. The smallest absolute Gasteiger partial charge is 0.308 e. The van der Waals surface area contributed by atoms with Gasteiger partial charge in [-0.05, 0) is 24.3 Å². The van der Waals surface area contributed by atoms with Crippen LogP contribution in [0.1, 0.15) is 13.8 Å². The molecule has 5 heteroatoms. The molecule has 0 unspecified atom stereocenters. The van der Waals surface area contributed by atoms with E-state index in [-0.39, 0.29) is 11.9 Å². The molecule has 0 saturated carbocycles. The van der Waals surface area contributed by atoms with E-state index in [1.807, 2.05) is 0 Å². The van der Waals surface area contributed by atoms with Crippen molar-refractivity contribution in [2.24, 2.45) is 0 Å². The lowest BCUT2D eigenvalue weighted by Gasteiger charge is -2.01. The number of carbonyl (C=O) groups is 2. The van der Waals surface area contributed by atoms with Crippen LogP contribution < -0.4 is 9.47 Å². The second-order valence-electron chi connectivity index (χ2n) is 2.96. The standard InChI is InChI=1S/C9H10O3.C3H6O2/c1-7(10)12-9-5-3-8(11-2)4-6-9;1-3(4)5-2/h3-6H,1-2H3;1-2H3. The zero-order valence-electron chi connectivity index (χ0n) is 10.4. The molecule has 94 valence electrons. The van der Waals surface area contributed by atoms with Crippen LogP contribution in [-0.2, 0) is 14.3 Å². The van der Waals surface area contributed by atoms with Gasteiger partial charge >= 0.3 is 11.9 Å². The Morgan fingerprint density at radius 1 is 0.882 bits per heavy atom. The SMILES string of the molecule is COC(C)=O.COc1ccc(OC(C)=O)cc1. The van der Waals surface area contributed by atoms with E-state index in [0.717, 1.165) is 5.75 Å². The number of rotatable bonds is 2. The van der Waals surface area contributed by atoms with Gasteiger partial charge in [-0.2, -0.15) is 0 Å². The Morgan fingerprint density at radius 2 is 1.29 bits per heavy atom. The van der Waals surface area contributed by atoms with E-state index in [2.05, 4.69) is 4.74 Å². The van der Waals surface area contributed by atoms with E-state index in [9.17, 15) is 9.59 Å². The van der Waals surface area contributed by atoms with Gasteiger partial charge < -0.3 is 14.2 Å². The lowest BCUT2D eigenvalue weighted by atomic mass is 10.3. The van der Waals surface area contributed by atoms with Gasteiger partial charge in [0.05, 0.1) is 14.2 Å². The fourth-order valence-corrected chi connectivity index (χ4v) is 0.810. The van der Waals surface area contributed by atoms with Crippen LogP contribution >= 0.6 is 0 Å². The number of carbonyl (C=O) groups excluding carboxylic acids is 2. The molecular weight excluding hydrogens is 224 g/mol. The molecule has 1 aromatic carbocycles. The number of ether oxygens (including phenoxy) is 3. The zero-order valence-corrected chi connectivity index (χ0v) is 10.4. The Morgan fingerprint density at radius 3 is 1.59 bits per heavy atom. The molecule has 0 aliphatic heterocycles. The Labute approximate surface area is 100 Å². The molecule has 0 atom stereocenters. The van der Waals surface area contributed by atoms with Crippen molar-refractivity contribution >= 4 is 11.9 Å². The third-order valence-electron chi connectivity index (χ3n) is 1.61. The highest BCUT2D eigenvalue weighted by Crippen LogP contribution is 2.16. The molecule has 1 aromatic rings. The summed E-state index contributed by atoms with van der Waals surface area (Å²) in [5.74, 6) is 0.708. The third kappa shape index (κ3) is 7.84.